The van der Waals surface area contributed by atoms with Gasteiger partial charge in [0.05, 0.1) is 18.6 Å². The normalized spacial score (nSPS) is 21.1. The third-order valence-corrected chi connectivity index (χ3v) is 3.12. The van der Waals surface area contributed by atoms with E-state index in [9.17, 15) is 4.79 Å². The van der Waals surface area contributed by atoms with E-state index in [4.69, 9.17) is 4.74 Å². The van der Waals surface area contributed by atoms with Crippen molar-refractivity contribution in [1.82, 2.24) is 5.32 Å². The zero-order valence-corrected chi connectivity index (χ0v) is 10.2. The summed E-state index contributed by atoms with van der Waals surface area (Å²) in [5, 5.41) is 3.01. The average Bonchev–Trinajstić information content (AvgIpc) is 2.83. The van der Waals surface area contributed by atoms with E-state index in [0.717, 1.165) is 25.0 Å². The summed E-state index contributed by atoms with van der Waals surface area (Å²) in [5.74, 6) is 0.0687. The maximum atomic E-state index is 11.8. The Morgan fingerprint density at radius 1 is 1.47 bits per heavy atom. The Bertz CT molecular complexity index is 358. The van der Waals surface area contributed by atoms with Gasteiger partial charge in [-0.25, -0.2) is 0 Å². The predicted molar refractivity (Wildman–Crippen MR) is 66.7 cm³/mol. The molecular weight excluding hydrogens is 214 g/mol. The number of hydrogen-bond acceptors (Lipinski definition) is 2. The standard InChI is InChI=1S/C14H19NO2/c1-11(13-8-5-9-17-13)15-14(16)10-12-6-3-2-4-7-12/h2-4,6-7,11,13H,5,8-10H2,1H3,(H,15,16). The number of rotatable bonds is 4. The van der Waals surface area contributed by atoms with Crippen LogP contribution in [0.15, 0.2) is 30.3 Å². The van der Waals surface area contributed by atoms with Gasteiger partial charge in [-0.05, 0) is 25.3 Å². The molecule has 1 fully saturated rings. The Hall–Kier alpha value is -1.35. The average molecular weight is 233 g/mol. The minimum Gasteiger partial charge on any atom is -0.376 e. The van der Waals surface area contributed by atoms with Crippen molar-refractivity contribution in [2.75, 3.05) is 6.61 Å². The van der Waals surface area contributed by atoms with Crippen molar-refractivity contribution in [2.24, 2.45) is 0 Å². The van der Waals surface area contributed by atoms with Gasteiger partial charge in [0.25, 0.3) is 0 Å². The fraction of sp³-hybridized carbons (Fsp3) is 0.500. The molecule has 0 bridgehead atoms. The van der Waals surface area contributed by atoms with Crippen LogP contribution in [0.4, 0.5) is 0 Å². The smallest absolute Gasteiger partial charge is 0.224 e. The van der Waals surface area contributed by atoms with Crippen LogP contribution in [0.5, 0.6) is 0 Å². The molecule has 0 aromatic heterocycles. The van der Waals surface area contributed by atoms with Gasteiger partial charge in [-0.15, -0.1) is 0 Å². The van der Waals surface area contributed by atoms with Crippen molar-refractivity contribution in [2.45, 2.75) is 38.3 Å². The molecule has 1 saturated heterocycles. The zero-order valence-electron chi connectivity index (χ0n) is 10.2. The fourth-order valence-electron chi connectivity index (χ4n) is 2.18. The van der Waals surface area contributed by atoms with Gasteiger partial charge in [0.15, 0.2) is 0 Å². The molecule has 3 nitrogen and oxygen atoms in total. The molecule has 1 aromatic rings. The molecule has 1 aromatic carbocycles. The van der Waals surface area contributed by atoms with E-state index in [-0.39, 0.29) is 18.1 Å². The van der Waals surface area contributed by atoms with Crippen LogP contribution in [0.1, 0.15) is 25.3 Å². The molecule has 1 heterocycles. The first-order chi connectivity index (χ1) is 8.25. The van der Waals surface area contributed by atoms with Crippen molar-refractivity contribution < 1.29 is 9.53 Å². The number of carbonyl (C=O) groups is 1. The maximum Gasteiger partial charge on any atom is 0.224 e. The molecule has 0 aliphatic carbocycles. The minimum atomic E-state index is 0.0687. The van der Waals surface area contributed by atoms with Gasteiger partial charge < -0.3 is 10.1 Å². The molecule has 1 amide bonds. The number of hydrogen-bond donors (Lipinski definition) is 1. The molecular formula is C14H19NO2. The Morgan fingerprint density at radius 3 is 2.88 bits per heavy atom. The summed E-state index contributed by atoms with van der Waals surface area (Å²) >= 11 is 0. The van der Waals surface area contributed by atoms with Gasteiger partial charge in [-0.3, -0.25) is 4.79 Å². The monoisotopic (exact) mass is 233 g/mol. The second-order valence-electron chi connectivity index (χ2n) is 4.57. The topological polar surface area (TPSA) is 38.3 Å². The molecule has 0 radical (unpaired) electrons. The first kappa shape index (κ1) is 12.1. The molecule has 1 aliphatic heterocycles. The summed E-state index contributed by atoms with van der Waals surface area (Å²) in [4.78, 5) is 11.8. The van der Waals surface area contributed by atoms with Crippen LogP contribution < -0.4 is 5.32 Å². The Morgan fingerprint density at radius 2 is 2.24 bits per heavy atom. The number of carbonyl (C=O) groups excluding carboxylic acids is 1. The highest BCUT2D eigenvalue weighted by Gasteiger charge is 2.23. The lowest BCUT2D eigenvalue weighted by atomic mass is 10.1. The van der Waals surface area contributed by atoms with E-state index in [0.29, 0.717) is 6.42 Å². The lowest BCUT2D eigenvalue weighted by molar-refractivity contribution is -0.121. The highest BCUT2D eigenvalue weighted by Crippen LogP contribution is 2.15. The highest BCUT2D eigenvalue weighted by molar-refractivity contribution is 5.78. The summed E-state index contributed by atoms with van der Waals surface area (Å²) in [6.45, 7) is 2.84. The summed E-state index contributed by atoms with van der Waals surface area (Å²) in [6.07, 6.45) is 2.78. The van der Waals surface area contributed by atoms with Crippen LogP contribution >= 0.6 is 0 Å². The molecule has 0 spiro atoms. The van der Waals surface area contributed by atoms with Crippen LogP contribution in [0.2, 0.25) is 0 Å². The van der Waals surface area contributed by atoms with E-state index in [2.05, 4.69) is 5.32 Å². The zero-order chi connectivity index (χ0) is 12.1. The number of ether oxygens (including phenoxy) is 1. The van der Waals surface area contributed by atoms with Gasteiger partial charge in [0.2, 0.25) is 5.91 Å². The van der Waals surface area contributed by atoms with E-state index in [1.54, 1.807) is 0 Å². The minimum absolute atomic E-state index is 0.0687. The summed E-state index contributed by atoms with van der Waals surface area (Å²) in [7, 11) is 0. The Labute approximate surface area is 102 Å². The van der Waals surface area contributed by atoms with Crippen LogP contribution in [0.3, 0.4) is 0 Å². The van der Waals surface area contributed by atoms with Crippen molar-refractivity contribution >= 4 is 5.91 Å². The quantitative estimate of drug-likeness (QED) is 0.862. The molecule has 92 valence electrons. The van der Waals surface area contributed by atoms with Gasteiger partial charge in [0.1, 0.15) is 0 Å². The van der Waals surface area contributed by atoms with Crippen LogP contribution in [-0.2, 0) is 16.0 Å². The maximum absolute atomic E-state index is 11.8. The van der Waals surface area contributed by atoms with E-state index in [1.807, 2.05) is 37.3 Å². The number of nitrogens with one attached hydrogen (secondary N) is 1. The highest BCUT2D eigenvalue weighted by atomic mass is 16.5. The fourth-order valence-corrected chi connectivity index (χ4v) is 2.18. The third-order valence-electron chi connectivity index (χ3n) is 3.12. The van der Waals surface area contributed by atoms with Gasteiger partial charge in [0, 0.05) is 6.61 Å². The summed E-state index contributed by atoms with van der Waals surface area (Å²) < 4.78 is 5.55. The van der Waals surface area contributed by atoms with Crippen molar-refractivity contribution in [3.05, 3.63) is 35.9 Å². The third kappa shape index (κ3) is 3.56. The van der Waals surface area contributed by atoms with Crippen LogP contribution in [0.25, 0.3) is 0 Å². The molecule has 2 unspecified atom stereocenters. The molecule has 1 N–H and O–H groups in total. The van der Waals surface area contributed by atoms with Crippen molar-refractivity contribution in [3.8, 4) is 0 Å². The number of amides is 1. The largest absolute Gasteiger partial charge is 0.376 e. The van der Waals surface area contributed by atoms with E-state index < -0.39 is 0 Å². The Kier molecular flexibility index (Phi) is 4.15. The van der Waals surface area contributed by atoms with E-state index in [1.165, 1.54) is 0 Å². The molecule has 0 saturated carbocycles. The summed E-state index contributed by atoms with van der Waals surface area (Å²) in [6, 6.07) is 9.90. The van der Waals surface area contributed by atoms with Gasteiger partial charge in [-0.2, -0.15) is 0 Å². The first-order valence-electron chi connectivity index (χ1n) is 6.20. The van der Waals surface area contributed by atoms with Gasteiger partial charge in [-0.1, -0.05) is 30.3 Å². The predicted octanol–water partition coefficient (Wildman–Crippen LogP) is 1.91. The lowest BCUT2D eigenvalue weighted by Crippen LogP contribution is -2.41. The summed E-state index contributed by atoms with van der Waals surface area (Å²) in [5.41, 5.74) is 1.05. The van der Waals surface area contributed by atoms with Crippen LogP contribution in [0, 0.1) is 0 Å². The SMILES string of the molecule is CC(NC(=O)Cc1ccccc1)C1CCCO1. The molecule has 2 rings (SSSR count). The van der Waals surface area contributed by atoms with Crippen molar-refractivity contribution in [1.29, 1.82) is 0 Å². The Balaban J connectivity index is 1.80. The van der Waals surface area contributed by atoms with Crippen LogP contribution in [-0.4, -0.2) is 24.7 Å². The second-order valence-corrected chi connectivity index (χ2v) is 4.57. The molecule has 3 heteroatoms. The molecule has 2 atom stereocenters. The molecule has 17 heavy (non-hydrogen) atoms. The molecule has 1 aliphatic rings. The second kappa shape index (κ2) is 5.82. The number of benzene rings is 1. The lowest BCUT2D eigenvalue weighted by Gasteiger charge is -2.19. The van der Waals surface area contributed by atoms with Crippen molar-refractivity contribution in [3.63, 3.8) is 0 Å². The van der Waals surface area contributed by atoms with E-state index >= 15 is 0 Å². The first-order valence-corrected chi connectivity index (χ1v) is 6.20. The van der Waals surface area contributed by atoms with Gasteiger partial charge >= 0.3 is 0 Å².